The second kappa shape index (κ2) is 10.5. The van der Waals surface area contributed by atoms with Gasteiger partial charge in [-0.3, -0.25) is 0 Å². The van der Waals surface area contributed by atoms with Crippen LogP contribution in [0.3, 0.4) is 0 Å². The van der Waals surface area contributed by atoms with Gasteiger partial charge in [-0.1, -0.05) is 64.9 Å². The molecule has 0 aliphatic rings. The van der Waals surface area contributed by atoms with Crippen molar-refractivity contribution in [2.45, 2.75) is 43.4 Å². The lowest BCUT2D eigenvalue weighted by atomic mass is 10.2. The molecule has 0 amide bonds. The first kappa shape index (κ1) is 20.7. The van der Waals surface area contributed by atoms with Crippen LogP contribution in [0.5, 0.6) is 0 Å². The second-order valence-corrected chi connectivity index (χ2v) is 8.20. The van der Waals surface area contributed by atoms with Gasteiger partial charge in [-0.05, 0) is 49.1 Å². The van der Waals surface area contributed by atoms with Gasteiger partial charge in [-0.25, -0.2) is 0 Å². The Morgan fingerprint density at radius 3 is 1.67 bits per heavy atom. The monoisotopic (exact) mass is 370 g/mol. The van der Waals surface area contributed by atoms with Crippen LogP contribution < -0.4 is 0 Å². The van der Waals surface area contributed by atoms with Crippen molar-refractivity contribution < 1.29 is 17.3 Å². The lowest BCUT2D eigenvalue weighted by molar-refractivity contribution is 0.00290. The number of unbranched alkanes of at least 4 members (excludes halogenated alkanes) is 1. The summed E-state index contributed by atoms with van der Waals surface area (Å²) in [5.74, 6) is -0.236. The van der Waals surface area contributed by atoms with Crippen LogP contribution in [0.4, 0.5) is 4.53 Å². The van der Waals surface area contributed by atoms with Crippen molar-refractivity contribution in [3.63, 3.8) is 0 Å². The zero-order valence-corrected chi connectivity index (χ0v) is 15.8. The van der Waals surface area contributed by atoms with Crippen LogP contribution in [-0.2, 0) is 14.5 Å². The molecule has 0 radical (unpaired) electrons. The van der Waals surface area contributed by atoms with E-state index in [0.717, 1.165) is 0 Å². The van der Waals surface area contributed by atoms with E-state index in [1.54, 1.807) is 11.8 Å². The lowest BCUT2D eigenvalue weighted by Gasteiger charge is -2.02. The summed E-state index contributed by atoms with van der Waals surface area (Å²) in [4.78, 5) is 2.59. The summed E-state index contributed by atoms with van der Waals surface area (Å²) in [5, 5.41) is 0. The van der Waals surface area contributed by atoms with E-state index in [2.05, 4.69) is 66.8 Å². The summed E-state index contributed by atoms with van der Waals surface area (Å²) < 4.78 is 34.0. The van der Waals surface area contributed by atoms with Gasteiger partial charge < -0.3 is 0 Å². The van der Waals surface area contributed by atoms with Gasteiger partial charge >= 0.3 is 0 Å². The van der Waals surface area contributed by atoms with Gasteiger partial charge in [0.25, 0.3) is 10.1 Å². The highest BCUT2D eigenvalue weighted by molar-refractivity contribution is 7.99. The van der Waals surface area contributed by atoms with Crippen molar-refractivity contribution >= 4 is 21.9 Å². The average molecular weight is 371 g/mol. The Balaban J connectivity index is 0.000000277. The van der Waals surface area contributed by atoms with E-state index in [1.165, 1.54) is 20.9 Å². The number of rotatable bonds is 6. The largest absolute Gasteiger partial charge is 0.297 e. The number of hydrogen-bond acceptors (Lipinski definition) is 4. The molecule has 0 bridgehead atoms. The standard InChI is InChI=1S/C14H14S.C4H9FO3S/c1-11-3-7-13(8-4-11)15-14-9-5-12(2)6-10-14;1-2-3-4-9(6,7)8-5/h3-10H,1-2H3;2-4H2,1H3. The minimum Gasteiger partial charge on any atom is -0.197 e. The molecule has 0 saturated carbocycles. The normalized spacial score (nSPS) is 10.8. The molecule has 0 aromatic heterocycles. The van der Waals surface area contributed by atoms with Gasteiger partial charge in [-0.2, -0.15) is 8.42 Å². The third-order valence-electron chi connectivity index (χ3n) is 3.12. The van der Waals surface area contributed by atoms with Crippen LogP contribution in [0.1, 0.15) is 30.9 Å². The fourth-order valence-corrected chi connectivity index (χ4v) is 3.22. The number of halogens is 1. The van der Waals surface area contributed by atoms with Gasteiger partial charge in [0.2, 0.25) is 0 Å². The Morgan fingerprint density at radius 2 is 1.33 bits per heavy atom. The Kier molecular flexibility index (Phi) is 9.03. The van der Waals surface area contributed by atoms with E-state index in [4.69, 9.17) is 0 Å². The highest BCUT2D eigenvalue weighted by atomic mass is 32.2. The quantitative estimate of drug-likeness (QED) is 0.676. The van der Waals surface area contributed by atoms with Crippen molar-refractivity contribution in [2.24, 2.45) is 0 Å². The molecule has 132 valence electrons. The van der Waals surface area contributed by atoms with Gasteiger partial charge in [0.15, 0.2) is 0 Å². The highest BCUT2D eigenvalue weighted by Gasteiger charge is 2.08. The molecular weight excluding hydrogens is 347 g/mol. The SMILES string of the molecule is CCCCS(=O)(=O)OF.Cc1ccc(Sc2ccc(C)cc2)cc1. The van der Waals surface area contributed by atoms with Gasteiger partial charge in [-0.15, -0.1) is 0 Å². The second-order valence-electron chi connectivity index (χ2n) is 5.41. The molecule has 0 aliphatic heterocycles. The molecule has 2 rings (SSSR count). The third-order valence-corrected chi connectivity index (χ3v) is 5.12. The molecule has 0 aliphatic carbocycles. The summed E-state index contributed by atoms with van der Waals surface area (Å²) in [7, 11) is -3.85. The van der Waals surface area contributed by atoms with Gasteiger partial charge in [0.05, 0.1) is 5.75 Å². The fourth-order valence-electron chi connectivity index (χ4n) is 1.70. The first-order chi connectivity index (χ1) is 11.4. The molecule has 0 heterocycles. The molecule has 0 atom stereocenters. The Bertz CT molecular complexity index is 653. The van der Waals surface area contributed by atoms with E-state index in [1.807, 2.05) is 6.92 Å². The first-order valence-corrected chi connectivity index (χ1v) is 10.1. The smallest absolute Gasteiger partial charge is 0.197 e. The van der Waals surface area contributed by atoms with Crippen LogP contribution >= 0.6 is 11.8 Å². The maximum atomic E-state index is 11.0. The summed E-state index contributed by atoms with van der Waals surface area (Å²) in [5.41, 5.74) is 2.62. The number of aryl methyl sites for hydroxylation is 2. The predicted octanol–water partition coefficient (Wildman–Crippen LogP) is 5.47. The van der Waals surface area contributed by atoms with Crippen LogP contribution in [0.2, 0.25) is 0 Å². The van der Waals surface area contributed by atoms with Crippen LogP contribution in [0.25, 0.3) is 0 Å². The van der Waals surface area contributed by atoms with Gasteiger partial charge in [0, 0.05) is 9.79 Å². The average Bonchev–Trinajstić information content (AvgIpc) is 2.58. The molecule has 3 nitrogen and oxygen atoms in total. The minimum atomic E-state index is -3.85. The third kappa shape index (κ3) is 8.47. The Morgan fingerprint density at radius 1 is 0.917 bits per heavy atom. The maximum Gasteiger partial charge on any atom is 0.297 e. The molecular formula is C18H23FO3S2. The van der Waals surface area contributed by atoms with E-state index in [0.29, 0.717) is 12.8 Å². The molecule has 24 heavy (non-hydrogen) atoms. The Labute approximate surface area is 148 Å². The Hall–Kier alpha value is -1.37. The fraction of sp³-hybridized carbons (Fsp3) is 0.333. The summed E-state index contributed by atoms with van der Waals surface area (Å²) in [6.07, 6.45) is 1.15. The van der Waals surface area contributed by atoms with E-state index in [9.17, 15) is 12.9 Å². The lowest BCUT2D eigenvalue weighted by Crippen LogP contribution is -2.04. The minimum absolute atomic E-state index is 0.236. The molecule has 0 fully saturated rings. The van der Waals surface area contributed by atoms with Crippen molar-refractivity contribution in [1.29, 1.82) is 0 Å². The molecule has 6 heteroatoms. The first-order valence-electron chi connectivity index (χ1n) is 7.70. The van der Waals surface area contributed by atoms with Crippen LogP contribution in [0, 0.1) is 13.8 Å². The summed E-state index contributed by atoms with van der Waals surface area (Å²) in [6, 6.07) is 17.3. The molecule has 2 aromatic carbocycles. The molecule has 0 saturated heterocycles. The van der Waals surface area contributed by atoms with E-state index < -0.39 is 10.1 Å². The molecule has 0 N–H and O–H groups in total. The highest BCUT2D eigenvalue weighted by Crippen LogP contribution is 2.27. The van der Waals surface area contributed by atoms with Crippen molar-refractivity contribution in [1.82, 2.24) is 0 Å². The number of hydrogen-bond donors (Lipinski definition) is 0. The topological polar surface area (TPSA) is 43.4 Å². The maximum absolute atomic E-state index is 11.0. The van der Waals surface area contributed by atoms with Gasteiger partial charge in [0.1, 0.15) is 0 Å². The van der Waals surface area contributed by atoms with Crippen molar-refractivity contribution in [2.75, 3.05) is 5.75 Å². The zero-order chi connectivity index (χ0) is 18.0. The van der Waals surface area contributed by atoms with E-state index in [-0.39, 0.29) is 5.75 Å². The molecule has 2 aromatic rings. The van der Waals surface area contributed by atoms with Crippen molar-refractivity contribution in [3.05, 3.63) is 59.7 Å². The van der Waals surface area contributed by atoms with E-state index >= 15 is 0 Å². The predicted molar refractivity (Wildman–Crippen MR) is 97.4 cm³/mol. The van der Waals surface area contributed by atoms with Crippen molar-refractivity contribution in [3.8, 4) is 0 Å². The van der Waals surface area contributed by atoms with Crippen LogP contribution in [-0.4, -0.2) is 14.2 Å². The summed E-state index contributed by atoms with van der Waals surface area (Å²) in [6.45, 7) is 6.04. The zero-order valence-electron chi connectivity index (χ0n) is 14.2. The molecule has 0 spiro atoms. The molecule has 0 unspecified atom stereocenters. The van der Waals surface area contributed by atoms with Crippen LogP contribution in [0.15, 0.2) is 58.3 Å². The summed E-state index contributed by atoms with van der Waals surface area (Å²) >= 11 is 1.80. The number of benzene rings is 2.